The molecule has 0 bridgehead atoms. The number of allylic oxidation sites excluding steroid dienone is 1. The Morgan fingerprint density at radius 3 is 1.63 bits per heavy atom. The molecule has 9 heteroatoms. The van der Waals surface area contributed by atoms with Gasteiger partial charge < -0.3 is 19.1 Å². The first-order valence-corrected chi connectivity index (χ1v) is 18.0. The van der Waals surface area contributed by atoms with Gasteiger partial charge in [-0.15, -0.1) is 0 Å². The molecule has 0 heterocycles. The molecule has 0 aromatic carbocycles. The fourth-order valence-corrected chi connectivity index (χ4v) is 9.55. The van der Waals surface area contributed by atoms with Crippen LogP contribution in [0.25, 0.3) is 0 Å². The monoisotopic (exact) mass is 431 g/mol. The van der Waals surface area contributed by atoms with Crippen molar-refractivity contribution < 1.29 is 28.7 Å². The van der Waals surface area contributed by atoms with Crippen LogP contribution in [0.5, 0.6) is 0 Å². The van der Waals surface area contributed by atoms with E-state index in [0.717, 1.165) is 0 Å². The molecule has 0 saturated heterocycles. The van der Waals surface area contributed by atoms with Crippen molar-refractivity contribution in [3.8, 4) is 0 Å². The lowest BCUT2D eigenvalue weighted by Gasteiger charge is -2.46. The van der Waals surface area contributed by atoms with E-state index in [-0.39, 0.29) is 11.1 Å². The number of hydrogen-bond acceptors (Lipinski definition) is 4. The summed E-state index contributed by atoms with van der Waals surface area (Å²) in [6.45, 7) is 17.6. The zero-order valence-electron chi connectivity index (χ0n) is 18.0. The Balaban J connectivity index is 6.37. The van der Waals surface area contributed by atoms with Crippen LogP contribution in [-0.2, 0) is 18.4 Å². The van der Waals surface area contributed by atoms with E-state index < -0.39 is 49.4 Å². The summed E-state index contributed by atoms with van der Waals surface area (Å²) in [4.78, 5) is 22.6. The van der Waals surface area contributed by atoms with Crippen LogP contribution in [-0.4, -0.2) is 53.7 Å². The number of carboxylic acids is 2. The summed E-state index contributed by atoms with van der Waals surface area (Å²) in [7, 11) is -5.01. The van der Waals surface area contributed by atoms with Crippen LogP contribution in [0.15, 0.2) is 23.3 Å². The molecule has 0 aromatic rings. The second-order valence-electron chi connectivity index (χ2n) is 8.62. The van der Waals surface area contributed by atoms with Crippen molar-refractivity contribution in [1.29, 1.82) is 0 Å². The van der Waals surface area contributed by atoms with E-state index in [9.17, 15) is 14.7 Å². The van der Waals surface area contributed by atoms with E-state index in [1.165, 1.54) is 19.9 Å². The summed E-state index contributed by atoms with van der Waals surface area (Å²) in [5.74, 6) is -2.50. The number of hydrogen-bond donors (Lipinski definition) is 2. The second-order valence-corrected chi connectivity index (χ2v) is 19.2. The van der Waals surface area contributed by atoms with Gasteiger partial charge >= 0.3 is 11.9 Å². The second kappa shape index (κ2) is 9.97. The molecule has 2 N–H and O–H groups in total. The summed E-state index contributed by atoms with van der Waals surface area (Å²) >= 11 is 0. The van der Waals surface area contributed by atoms with Crippen molar-refractivity contribution in [3.63, 3.8) is 0 Å². The van der Waals surface area contributed by atoms with Crippen LogP contribution in [0.3, 0.4) is 0 Å². The van der Waals surface area contributed by atoms with E-state index in [4.69, 9.17) is 14.0 Å². The Hall–Kier alpha value is -1.01. The third kappa shape index (κ3) is 9.65. The first-order valence-electron chi connectivity index (χ1n) is 9.10. The van der Waals surface area contributed by atoms with Crippen LogP contribution in [0.4, 0.5) is 0 Å². The van der Waals surface area contributed by atoms with Gasteiger partial charge in [-0.3, -0.25) is 0 Å². The predicted molar refractivity (Wildman–Crippen MR) is 117 cm³/mol. The lowest BCUT2D eigenvalue weighted by Crippen LogP contribution is -2.57. The maximum absolute atomic E-state index is 11.4. The lowest BCUT2D eigenvalue weighted by molar-refractivity contribution is -0.133. The van der Waals surface area contributed by atoms with Crippen molar-refractivity contribution in [2.24, 2.45) is 5.92 Å². The Labute approximate surface area is 167 Å². The molecule has 0 aliphatic carbocycles. The topological polar surface area (TPSA) is 93.1 Å². The van der Waals surface area contributed by atoms with Crippen molar-refractivity contribution >= 4 is 38.1 Å². The van der Waals surface area contributed by atoms with Gasteiger partial charge in [-0.25, -0.2) is 9.59 Å². The first-order chi connectivity index (χ1) is 12.0. The van der Waals surface area contributed by atoms with Gasteiger partial charge in [0.2, 0.25) is 0 Å². The largest absolute Gasteiger partial charge is 0.478 e. The minimum Gasteiger partial charge on any atom is -0.478 e. The average Bonchev–Trinajstić information content (AvgIpc) is 2.46. The maximum atomic E-state index is 11.4. The molecule has 0 aromatic heterocycles. The highest BCUT2D eigenvalue weighted by Crippen LogP contribution is 2.34. The molecule has 0 aliphatic heterocycles. The average molecular weight is 432 g/mol. The summed E-state index contributed by atoms with van der Waals surface area (Å²) in [6.07, 6.45) is 4.86. The Morgan fingerprint density at radius 2 is 1.33 bits per heavy atom. The minimum atomic E-state index is -2.03. The summed E-state index contributed by atoms with van der Waals surface area (Å²) in [6, 6.07) is 0. The third-order valence-corrected chi connectivity index (χ3v) is 7.86. The Morgan fingerprint density at radius 1 is 0.926 bits per heavy atom. The molecule has 0 fully saturated rings. The van der Waals surface area contributed by atoms with Crippen LogP contribution in [0, 0.1) is 12.3 Å². The van der Waals surface area contributed by atoms with Gasteiger partial charge in [0.1, 0.15) is 5.41 Å². The molecule has 1 radical (unpaired) electrons. The first kappa shape index (κ1) is 26.0. The van der Waals surface area contributed by atoms with E-state index in [1.807, 2.05) is 0 Å². The molecule has 155 valence electrons. The zero-order valence-corrected chi connectivity index (χ0v) is 21.5. The molecular formula is C18H35O6Si3. The number of carboxylic acid groups (broad SMARTS) is 2. The van der Waals surface area contributed by atoms with Crippen molar-refractivity contribution in [2.75, 3.05) is 0 Å². The lowest BCUT2D eigenvalue weighted by atomic mass is 9.99. The fraction of sp³-hybridized carbons (Fsp3) is 0.611. The fourth-order valence-electron chi connectivity index (χ4n) is 2.56. The summed E-state index contributed by atoms with van der Waals surface area (Å²) in [5.41, 5.74) is -0.544. The van der Waals surface area contributed by atoms with Gasteiger partial charge in [-0.05, 0) is 59.6 Å². The van der Waals surface area contributed by atoms with Crippen LogP contribution in [0.1, 0.15) is 13.8 Å². The van der Waals surface area contributed by atoms with E-state index >= 15 is 0 Å². The van der Waals surface area contributed by atoms with Crippen molar-refractivity contribution in [3.05, 3.63) is 29.7 Å². The zero-order chi connectivity index (χ0) is 21.6. The molecule has 1 atom stereocenters. The molecule has 6 nitrogen and oxygen atoms in total. The van der Waals surface area contributed by atoms with Crippen LogP contribution in [0.2, 0.25) is 45.8 Å². The van der Waals surface area contributed by atoms with Gasteiger partial charge in [-0.2, -0.15) is 0 Å². The molecule has 1 unspecified atom stereocenters. The predicted octanol–water partition coefficient (Wildman–Crippen LogP) is 3.44. The van der Waals surface area contributed by atoms with Crippen molar-refractivity contribution in [1.82, 2.24) is 0 Å². The molecule has 0 aliphatic rings. The number of rotatable bonds is 11. The molecular weight excluding hydrogens is 396 g/mol. The standard InChI is InChI=1S/C18H35O6Si3/c1-13(16(19)20)10-11-15(12-14(2)17(21)22)18(25-3,23-26(4,5)6)24-27(7,8)9/h10-12,15H,25H2,1-9H3,(H,19,20)(H,21,22). The van der Waals surface area contributed by atoms with Gasteiger partial charge in [0.05, 0.1) is 9.52 Å². The van der Waals surface area contributed by atoms with E-state index in [0.29, 0.717) is 0 Å². The Bertz CT molecular complexity index is 583. The molecule has 0 amide bonds. The highest BCUT2D eigenvalue weighted by molar-refractivity contribution is 6.72. The molecule has 0 rings (SSSR count). The van der Waals surface area contributed by atoms with Gasteiger partial charge in [0, 0.05) is 17.1 Å². The Kier molecular flexibility index (Phi) is 9.59. The summed E-state index contributed by atoms with van der Waals surface area (Å²) in [5, 5.41) is 18.5. The van der Waals surface area contributed by atoms with Crippen LogP contribution < -0.4 is 0 Å². The normalized spacial score (nSPS) is 16.0. The van der Waals surface area contributed by atoms with Gasteiger partial charge in [0.15, 0.2) is 16.6 Å². The third-order valence-electron chi connectivity index (χ3n) is 3.62. The molecule has 0 spiro atoms. The van der Waals surface area contributed by atoms with Crippen LogP contribution >= 0.6 is 0 Å². The maximum Gasteiger partial charge on any atom is 0.330 e. The van der Waals surface area contributed by atoms with Crippen molar-refractivity contribution in [2.45, 2.75) is 65.1 Å². The number of aliphatic carboxylic acids is 2. The van der Waals surface area contributed by atoms with E-state index in [2.05, 4.69) is 45.8 Å². The summed E-state index contributed by atoms with van der Waals surface area (Å²) < 4.78 is 13.1. The highest BCUT2D eigenvalue weighted by Gasteiger charge is 2.44. The SMILES string of the molecule is C[SiH2]C(O[Si](C)(C)C)(O[Si](C)(C)C)C([CH]C=C(C)C(=O)O)C=C(C)C(=O)O. The number of carbonyl (C=O) groups is 2. The molecule has 27 heavy (non-hydrogen) atoms. The van der Waals surface area contributed by atoms with Gasteiger partial charge in [0.25, 0.3) is 0 Å². The quantitative estimate of drug-likeness (QED) is 0.296. The van der Waals surface area contributed by atoms with E-state index in [1.54, 1.807) is 12.5 Å². The smallest absolute Gasteiger partial charge is 0.330 e. The highest BCUT2D eigenvalue weighted by atomic mass is 28.4. The minimum absolute atomic E-state index is 0.175. The van der Waals surface area contributed by atoms with Gasteiger partial charge in [-0.1, -0.05) is 18.7 Å². The molecule has 0 saturated carbocycles.